The van der Waals surface area contributed by atoms with Gasteiger partial charge in [-0.2, -0.15) is 0 Å². The number of ether oxygens (including phenoxy) is 3. The molecule has 1 heterocycles. The third-order valence-corrected chi connectivity index (χ3v) is 3.23. The van der Waals surface area contributed by atoms with Crippen LogP contribution >= 0.6 is 0 Å². The molecule has 2 rings (SSSR count). The number of carbonyl (C=O) groups excluding carboxylic acids is 1. The summed E-state index contributed by atoms with van der Waals surface area (Å²) in [6, 6.07) is 4.71. The minimum atomic E-state index is -0.472. The maximum atomic E-state index is 13.7. The topological polar surface area (TPSA) is 44.8 Å². The molecule has 0 saturated carbocycles. The summed E-state index contributed by atoms with van der Waals surface area (Å²) in [7, 11) is 2.75. The molecule has 5 heteroatoms. The highest BCUT2D eigenvalue weighted by Crippen LogP contribution is 2.37. The van der Waals surface area contributed by atoms with Crippen LogP contribution in [0.25, 0.3) is 0 Å². The minimum Gasteiger partial charge on any atom is -0.494 e. The Labute approximate surface area is 105 Å². The van der Waals surface area contributed by atoms with Crippen LogP contribution in [0, 0.1) is 5.82 Å². The second-order valence-corrected chi connectivity index (χ2v) is 4.38. The summed E-state index contributed by atoms with van der Waals surface area (Å²) in [4.78, 5) is 11.4. The fourth-order valence-corrected chi connectivity index (χ4v) is 2.06. The summed E-state index contributed by atoms with van der Waals surface area (Å²) in [5, 5.41) is 0. The number of esters is 1. The lowest BCUT2D eigenvalue weighted by molar-refractivity contribution is -0.148. The van der Waals surface area contributed by atoms with Gasteiger partial charge in [0.25, 0.3) is 0 Å². The molecular weight excluding hydrogens is 239 g/mol. The molecule has 0 radical (unpaired) electrons. The Hall–Kier alpha value is -1.62. The van der Waals surface area contributed by atoms with Gasteiger partial charge in [-0.1, -0.05) is 6.07 Å². The van der Waals surface area contributed by atoms with Gasteiger partial charge in [0.05, 0.1) is 39.3 Å². The van der Waals surface area contributed by atoms with Crippen LogP contribution in [0.2, 0.25) is 0 Å². The third kappa shape index (κ3) is 2.18. The minimum absolute atomic E-state index is 0.187. The Morgan fingerprint density at radius 2 is 2.17 bits per heavy atom. The molecule has 0 aromatic heterocycles. The maximum absolute atomic E-state index is 13.7. The summed E-state index contributed by atoms with van der Waals surface area (Å²) in [5.41, 5.74) is 0.262. The van der Waals surface area contributed by atoms with Crippen LogP contribution in [0.15, 0.2) is 18.2 Å². The zero-order valence-corrected chi connectivity index (χ0v) is 10.4. The average Bonchev–Trinajstić information content (AvgIpc) is 2.33. The molecule has 0 aliphatic carbocycles. The normalized spacial score (nSPS) is 16.8. The van der Waals surface area contributed by atoms with Crippen LogP contribution in [0.1, 0.15) is 12.0 Å². The standard InChI is InChI=1S/C13H15FO4/c1-16-11-4-3-9(5-10(11)14)13(7-18-8-13)6-12(15)17-2/h3-5H,6-8H2,1-2H3. The Kier molecular flexibility index (Phi) is 3.52. The molecule has 0 spiro atoms. The highest BCUT2D eigenvalue weighted by atomic mass is 19.1. The van der Waals surface area contributed by atoms with Crippen molar-refractivity contribution in [1.29, 1.82) is 0 Å². The van der Waals surface area contributed by atoms with Gasteiger partial charge in [-0.25, -0.2) is 4.39 Å². The van der Waals surface area contributed by atoms with Crippen LogP contribution in [0.5, 0.6) is 5.75 Å². The number of hydrogen-bond donors (Lipinski definition) is 0. The van der Waals surface area contributed by atoms with Gasteiger partial charge in [-0.3, -0.25) is 4.79 Å². The van der Waals surface area contributed by atoms with Crippen molar-refractivity contribution in [2.24, 2.45) is 0 Å². The lowest BCUT2D eigenvalue weighted by Crippen LogP contribution is -2.48. The number of methoxy groups -OCH3 is 2. The summed E-state index contributed by atoms with van der Waals surface area (Å²) in [6.07, 6.45) is 0.190. The molecule has 1 aromatic rings. The van der Waals surface area contributed by atoms with Gasteiger partial charge in [-0.05, 0) is 17.7 Å². The average molecular weight is 254 g/mol. The van der Waals surface area contributed by atoms with Gasteiger partial charge in [0.2, 0.25) is 0 Å². The molecule has 1 fully saturated rings. The molecular formula is C13H15FO4. The number of hydrogen-bond acceptors (Lipinski definition) is 4. The number of benzene rings is 1. The molecule has 1 saturated heterocycles. The molecule has 1 aliphatic heterocycles. The second kappa shape index (κ2) is 4.94. The van der Waals surface area contributed by atoms with Crippen molar-refractivity contribution >= 4 is 5.97 Å². The van der Waals surface area contributed by atoms with Crippen LogP contribution < -0.4 is 4.74 Å². The van der Waals surface area contributed by atoms with Crippen molar-refractivity contribution in [2.45, 2.75) is 11.8 Å². The van der Waals surface area contributed by atoms with Crippen molar-refractivity contribution in [1.82, 2.24) is 0 Å². The molecule has 1 aromatic carbocycles. The van der Waals surface area contributed by atoms with Crippen LogP contribution in [-0.4, -0.2) is 33.4 Å². The first kappa shape index (κ1) is 12.8. The first-order valence-electron chi connectivity index (χ1n) is 5.60. The highest BCUT2D eigenvalue weighted by molar-refractivity contribution is 5.71. The molecule has 98 valence electrons. The number of carbonyl (C=O) groups is 1. The molecule has 0 bridgehead atoms. The van der Waals surface area contributed by atoms with E-state index in [1.807, 2.05) is 0 Å². The zero-order chi connectivity index (χ0) is 13.2. The third-order valence-electron chi connectivity index (χ3n) is 3.23. The van der Waals surface area contributed by atoms with E-state index >= 15 is 0 Å². The van der Waals surface area contributed by atoms with Gasteiger partial charge >= 0.3 is 5.97 Å². The van der Waals surface area contributed by atoms with Gasteiger partial charge < -0.3 is 14.2 Å². The SMILES string of the molecule is COC(=O)CC1(c2ccc(OC)c(F)c2)COC1. The second-order valence-electron chi connectivity index (χ2n) is 4.38. The van der Waals surface area contributed by atoms with Gasteiger partial charge in [0.15, 0.2) is 11.6 Å². The van der Waals surface area contributed by atoms with Crippen molar-refractivity contribution in [3.63, 3.8) is 0 Å². The first-order chi connectivity index (χ1) is 8.61. The smallest absolute Gasteiger partial charge is 0.306 e. The van der Waals surface area contributed by atoms with Crippen molar-refractivity contribution in [3.05, 3.63) is 29.6 Å². The van der Waals surface area contributed by atoms with E-state index in [4.69, 9.17) is 9.47 Å². The van der Waals surface area contributed by atoms with E-state index in [1.165, 1.54) is 20.3 Å². The number of rotatable bonds is 4. The fourth-order valence-electron chi connectivity index (χ4n) is 2.06. The molecule has 4 nitrogen and oxygen atoms in total. The predicted molar refractivity (Wildman–Crippen MR) is 62.1 cm³/mol. The number of halogens is 1. The molecule has 0 N–H and O–H groups in total. The van der Waals surface area contributed by atoms with E-state index in [2.05, 4.69) is 4.74 Å². The van der Waals surface area contributed by atoms with Crippen molar-refractivity contribution in [3.8, 4) is 5.75 Å². The van der Waals surface area contributed by atoms with E-state index < -0.39 is 11.2 Å². The van der Waals surface area contributed by atoms with Gasteiger partial charge in [0.1, 0.15) is 0 Å². The predicted octanol–water partition coefficient (Wildman–Crippen LogP) is 1.67. The Balaban J connectivity index is 2.27. The van der Waals surface area contributed by atoms with Crippen LogP contribution in [-0.2, 0) is 19.7 Å². The molecule has 18 heavy (non-hydrogen) atoms. The largest absolute Gasteiger partial charge is 0.494 e. The van der Waals surface area contributed by atoms with Gasteiger partial charge in [0, 0.05) is 0 Å². The lowest BCUT2D eigenvalue weighted by Gasteiger charge is -2.41. The monoisotopic (exact) mass is 254 g/mol. The van der Waals surface area contributed by atoms with Gasteiger partial charge in [-0.15, -0.1) is 0 Å². The fraction of sp³-hybridized carbons (Fsp3) is 0.462. The van der Waals surface area contributed by atoms with Crippen molar-refractivity contribution in [2.75, 3.05) is 27.4 Å². The van der Waals surface area contributed by atoms with E-state index in [0.717, 1.165) is 5.56 Å². The summed E-state index contributed by atoms with van der Waals surface area (Å²) in [6.45, 7) is 0.793. The molecule has 0 amide bonds. The Bertz CT molecular complexity index is 454. The van der Waals surface area contributed by atoms with E-state index in [-0.39, 0.29) is 18.1 Å². The van der Waals surface area contributed by atoms with Crippen LogP contribution in [0.4, 0.5) is 4.39 Å². The summed E-state index contributed by atoms with van der Waals surface area (Å²) in [5.74, 6) is -0.576. The Morgan fingerprint density at radius 3 is 2.61 bits per heavy atom. The van der Waals surface area contributed by atoms with E-state index in [0.29, 0.717) is 13.2 Å². The maximum Gasteiger partial charge on any atom is 0.306 e. The highest BCUT2D eigenvalue weighted by Gasteiger charge is 2.43. The zero-order valence-electron chi connectivity index (χ0n) is 10.4. The molecule has 1 aliphatic rings. The quantitative estimate of drug-likeness (QED) is 0.767. The lowest BCUT2D eigenvalue weighted by atomic mass is 9.76. The van der Waals surface area contributed by atoms with Crippen molar-refractivity contribution < 1.29 is 23.4 Å². The van der Waals surface area contributed by atoms with E-state index in [1.54, 1.807) is 12.1 Å². The van der Waals surface area contributed by atoms with E-state index in [9.17, 15) is 9.18 Å². The molecule has 0 unspecified atom stereocenters. The molecule has 0 atom stereocenters. The Morgan fingerprint density at radius 1 is 1.44 bits per heavy atom. The first-order valence-corrected chi connectivity index (χ1v) is 5.60. The summed E-state index contributed by atoms with van der Waals surface area (Å²) < 4.78 is 28.4. The summed E-state index contributed by atoms with van der Waals surface area (Å²) >= 11 is 0. The van der Waals surface area contributed by atoms with Crippen LogP contribution in [0.3, 0.4) is 0 Å².